The van der Waals surface area contributed by atoms with Crippen LogP contribution in [0.25, 0.3) is 0 Å². The van der Waals surface area contributed by atoms with Crippen molar-refractivity contribution in [3.8, 4) is 0 Å². The molecule has 0 aromatic rings. The van der Waals surface area contributed by atoms with E-state index in [2.05, 4.69) is 10.9 Å². The van der Waals surface area contributed by atoms with Crippen LogP contribution in [0.3, 0.4) is 0 Å². The van der Waals surface area contributed by atoms with E-state index in [1.165, 1.54) is 38.5 Å². The molecule has 2 rings (SSSR count). The van der Waals surface area contributed by atoms with Crippen LogP contribution in [-0.4, -0.2) is 12.6 Å². The molecule has 2 fully saturated rings. The Morgan fingerprint density at radius 1 is 0.909 bits per heavy atom. The van der Waals surface area contributed by atoms with Crippen molar-refractivity contribution in [2.24, 2.45) is 5.92 Å². The van der Waals surface area contributed by atoms with Gasteiger partial charge in [-0.1, -0.05) is 12.8 Å². The normalized spacial score (nSPS) is 39.3. The summed E-state index contributed by atoms with van der Waals surface area (Å²) < 4.78 is 0. The minimum atomic E-state index is 0.784. The van der Waals surface area contributed by atoms with Crippen LogP contribution in [0.2, 0.25) is 0 Å². The maximum Gasteiger partial charge on any atom is 0.0241 e. The molecule has 2 N–H and O–H groups in total. The summed E-state index contributed by atoms with van der Waals surface area (Å²) in [6.07, 6.45) is 8.52. The molecule has 2 atom stereocenters. The van der Waals surface area contributed by atoms with E-state index in [0.717, 1.165) is 18.5 Å². The third kappa shape index (κ3) is 1.74. The Morgan fingerprint density at radius 2 is 1.73 bits per heavy atom. The van der Waals surface area contributed by atoms with Crippen LogP contribution in [0, 0.1) is 5.92 Å². The molecule has 1 saturated heterocycles. The molecule has 0 spiro atoms. The number of rotatable bonds is 0. The van der Waals surface area contributed by atoms with Gasteiger partial charge in [0.05, 0.1) is 0 Å². The van der Waals surface area contributed by atoms with Gasteiger partial charge >= 0.3 is 0 Å². The number of nitrogens with one attached hydrogen (secondary N) is 2. The topological polar surface area (TPSA) is 24.1 Å². The monoisotopic (exact) mass is 154 g/mol. The zero-order valence-electron chi connectivity index (χ0n) is 7.10. The van der Waals surface area contributed by atoms with Crippen molar-refractivity contribution < 1.29 is 0 Å². The van der Waals surface area contributed by atoms with Gasteiger partial charge in [-0.2, -0.15) is 0 Å². The number of hydrogen-bond acceptors (Lipinski definition) is 2. The highest BCUT2D eigenvalue weighted by Crippen LogP contribution is 2.28. The third-order valence-corrected chi connectivity index (χ3v) is 3.07. The first-order valence-electron chi connectivity index (χ1n) is 4.95. The summed E-state index contributed by atoms with van der Waals surface area (Å²) in [7, 11) is 0. The van der Waals surface area contributed by atoms with Gasteiger partial charge in [-0.15, -0.1) is 0 Å². The minimum Gasteiger partial charge on any atom is -0.258 e. The first kappa shape index (κ1) is 7.56. The Bertz CT molecular complexity index is 111. The lowest BCUT2D eigenvalue weighted by Crippen LogP contribution is -2.43. The molecular weight excluding hydrogens is 136 g/mol. The summed E-state index contributed by atoms with van der Waals surface area (Å²) in [5.41, 5.74) is 6.73. The van der Waals surface area contributed by atoms with Crippen LogP contribution >= 0.6 is 0 Å². The van der Waals surface area contributed by atoms with Gasteiger partial charge in [0.1, 0.15) is 0 Å². The van der Waals surface area contributed by atoms with Crippen molar-refractivity contribution in [3.63, 3.8) is 0 Å². The van der Waals surface area contributed by atoms with Crippen LogP contribution in [0.4, 0.5) is 0 Å². The van der Waals surface area contributed by atoms with Gasteiger partial charge < -0.3 is 0 Å². The predicted molar refractivity (Wildman–Crippen MR) is 46.1 cm³/mol. The Hall–Kier alpha value is -0.0800. The molecule has 0 radical (unpaired) electrons. The fraction of sp³-hybridized carbons (Fsp3) is 1.00. The Kier molecular flexibility index (Phi) is 2.44. The zero-order chi connectivity index (χ0) is 7.52. The van der Waals surface area contributed by atoms with Crippen molar-refractivity contribution in [2.75, 3.05) is 6.54 Å². The second-order valence-corrected chi connectivity index (χ2v) is 3.86. The van der Waals surface area contributed by atoms with Gasteiger partial charge in [0.25, 0.3) is 0 Å². The summed E-state index contributed by atoms with van der Waals surface area (Å²) in [4.78, 5) is 0. The van der Waals surface area contributed by atoms with E-state index in [-0.39, 0.29) is 0 Å². The Labute approximate surface area is 68.7 Å². The molecule has 1 heterocycles. The maximum absolute atomic E-state index is 3.43. The van der Waals surface area contributed by atoms with Crippen LogP contribution in [0.5, 0.6) is 0 Å². The van der Waals surface area contributed by atoms with E-state index in [9.17, 15) is 0 Å². The average molecular weight is 154 g/mol. The van der Waals surface area contributed by atoms with Crippen molar-refractivity contribution in [2.45, 2.75) is 44.6 Å². The van der Waals surface area contributed by atoms with Crippen molar-refractivity contribution >= 4 is 0 Å². The van der Waals surface area contributed by atoms with E-state index in [1.807, 2.05) is 0 Å². The highest BCUT2D eigenvalue weighted by Gasteiger charge is 2.25. The summed E-state index contributed by atoms with van der Waals surface area (Å²) in [5.74, 6) is 0.971. The quantitative estimate of drug-likeness (QED) is 0.551. The van der Waals surface area contributed by atoms with Gasteiger partial charge in [0.15, 0.2) is 0 Å². The first-order chi connectivity index (χ1) is 5.47. The second-order valence-electron chi connectivity index (χ2n) is 3.86. The maximum atomic E-state index is 3.43. The molecule has 0 aromatic carbocycles. The minimum absolute atomic E-state index is 0.784. The molecule has 11 heavy (non-hydrogen) atoms. The van der Waals surface area contributed by atoms with Gasteiger partial charge in [0, 0.05) is 12.6 Å². The van der Waals surface area contributed by atoms with Gasteiger partial charge in [0.2, 0.25) is 0 Å². The molecule has 2 nitrogen and oxygen atoms in total. The van der Waals surface area contributed by atoms with E-state index in [1.54, 1.807) is 0 Å². The van der Waals surface area contributed by atoms with E-state index in [4.69, 9.17) is 0 Å². The van der Waals surface area contributed by atoms with E-state index >= 15 is 0 Å². The third-order valence-electron chi connectivity index (χ3n) is 3.07. The summed E-state index contributed by atoms with van der Waals surface area (Å²) >= 11 is 0. The number of hydrogen-bond donors (Lipinski definition) is 2. The lowest BCUT2D eigenvalue weighted by atomic mass is 9.82. The lowest BCUT2D eigenvalue weighted by molar-refractivity contribution is 0.253. The van der Waals surface area contributed by atoms with Crippen LogP contribution in [-0.2, 0) is 0 Å². The molecule has 0 aromatic heterocycles. The van der Waals surface area contributed by atoms with Crippen molar-refractivity contribution in [1.82, 2.24) is 10.9 Å². The zero-order valence-corrected chi connectivity index (χ0v) is 7.10. The van der Waals surface area contributed by atoms with Crippen molar-refractivity contribution in [3.05, 3.63) is 0 Å². The Morgan fingerprint density at radius 3 is 2.73 bits per heavy atom. The second kappa shape index (κ2) is 3.55. The standard InChI is InChI=1S/C9H18N2/c1-2-6-9-8(4-1)5-3-7-10-11-9/h8-11H,1-7H2. The SMILES string of the molecule is C1CCC2NNCCCC2C1. The molecule has 2 heteroatoms. The lowest BCUT2D eigenvalue weighted by Gasteiger charge is -2.29. The molecule has 2 aliphatic rings. The Balaban J connectivity index is 1.93. The van der Waals surface area contributed by atoms with E-state index < -0.39 is 0 Å². The van der Waals surface area contributed by atoms with Crippen LogP contribution < -0.4 is 10.9 Å². The van der Waals surface area contributed by atoms with Crippen LogP contribution in [0.15, 0.2) is 0 Å². The molecule has 0 amide bonds. The molecule has 0 bridgehead atoms. The fourth-order valence-corrected chi connectivity index (χ4v) is 2.40. The largest absolute Gasteiger partial charge is 0.258 e. The predicted octanol–water partition coefficient (Wildman–Crippen LogP) is 1.43. The van der Waals surface area contributed by atoms with Gasteiger partial charge in [-0.25, -0.2) is 0 Å². The van der Waals surface area contributed by atoms with Gasteiger partial charge in [-0.05, 0) is 31.6 Å². The molecule has 2 unspecified atom stereocenters. The smallest absolute Gasteiger partial charge is 0.0241 e. The molecule has 1 aliphatic carbocycles. The molecule has 1 aliphatic heterocycles. The summed E-state index contributed by atoms with van der Waals surface area (Å²) in [6.45, 7) is 1.16. The molecule has 1 saturated carbocycles. The number of fused-ring (bicyclic) bond motifs is 1. The summed E-state index contributed by atoms with van der Waals surface area (Å²) in [5, 5.41) is 0. The summed E-state index contributed by atoms with van der Waals surface area (Å²) in [6, 6.07) is 0.784. The molecular formula is C9H18N2. The van der Waals surface area contributed by atoms with E-state index in [0.29, 0.717) is 0 Å². The van der Waals surface area contributed by atoms with Crippen molar-refractivity contribution in [1.29, 1.82) is 0 Å². The van der Waals surface area contributed by atoms with Crippen LogP contribution in [0.1, 0.15) is 38.5 Å². The number of hydrazine groups is 1. The average Bonchev–Trinajstić information content (AvgIpc) is 2.28. The fourth-order valence-electron chi connectivity index (χ4n) is 2.40. The highest BCUT2D eigenvalue weighted by molar-refractivity contribution is 4.81. The first-order valence-corrected chi connectivity index (χ1v) is 4.95. The molecule has 64 valence electrons. The van der Waals surface area contributed by atoms with Gasteiger partial charge in [-0.3, -0.25) is 10.9 Å². The highest BCUT2D eigenvalue weighted by atomic mass is 15.4.